The first-order chi connectivity index (χ1) is 15.2. The van der Waals surface area contributed by atoms with Crippen LogP contribution in [0, 0.1) is 11.3 Å². The summed E-state index contributed by atoms with van der Waals surface area (Å²) in [5.74, 6) is 0. The van der Waals surface area contributed by atoms with E-state index in [0.717, 1.165) is 12.1 Å². The van der Waals surface area contributed by atoms with E-state index in [1.807, 2.05) is 6.92 Å². The van der Waals surface area contributed by atoms with Gasteiger partial charge in [-0.2, -0.15) is 18.4 Å². The third kappa shape index (κ3) is 3.77. The zero-order chi connectivity index (χ0) is 23.2. The largest absolute Gasteiger partial charge is 0.416 e. The molecule has 1 aliphatic heterocycles. The Morgan fingerprint density at radius 1 is 1.19 bits per heavy atom. The first-order valence-corrected chi connectivity index (χ1v) is 10.7. The highest BCUT2D eigenvalue weighted by Crippen LogP contribution is 2.48. The minimum Gasteiger partial charge on any atom is -0.389 e. The van der Waals surface area contributed by atoms with Crippen LogP contribution in [0.3, 0.4) is 0 Å². The topological polar surface area (TPSA) is 70.7 Å². The van der Waals surface area contributed by atoms with Gasteiger partial charge >= 0.3 is 6.18 Å². The molecule has 168 valence electrons. The average molecular weight is 462 g/mol. The first-order valence-electron chi connectivity index (χ1n) is 10.2. The zero-order valence-electron chi connectivity index (χ0n) is 17.2. The quantitative estimate of drug-likeness (QED) is 0.590. The maximum absolute atomic E-state index is 13.3. The van der Waals surface area contributed by atoms with E-state index in [1.165, 1.54) is 17.0 Å². The van der Waals surface area contributed by atoms with E-state index in [-0.39, 0.29) is 5.69 Å². The summed E-state index contributed by atoms with van der Waals surface area (Å²) in [6, 6.07) is 11.4. The van der Waals surface area contributed by atoms with E-state index in [2.05, 4.69) is 18.7 Å². The van der Waals surface area contributed by atoms with Crippen LogP contribution in [0.15, 0.2) is 58.6 Å². The molecule has 2 aromatic carbocycles. The molecule has 0 bridgehead atoms. The van der Waals surface area contributed by atoms with Gasteiger partial charge in [-0.15, -0.1) is 12.6 Å². The van der Waals surface area contributed by atoms with E-state index in [4.69, 9.17) is 5.26 Å². The summed E-state index contributed by atoms with van der Waals surface area (Å²) in [7, 11) is 0. The van der Waals surface area contributed by atoms with Crippen molar-refractivity contribution < 1.29 is 23.4 Å². The number of hydrogen-bond donors (Lipinski definition) is 3. The molecule has 0 spiro atoms. The van der Waals surface area contributed by atoms with E-state index < -0.39 is 30.2 Å². The number of likely N-dealkylation sites (N-methyl/N-ethyl adjacent to an activating group) is 1. The summed E-state index contributed by atoms with van der Waals surface area (Å²) in [6.07, 6.45) is -5.76. The van der Waals surface area contributed by atoms with Crippen molar-refractivity contribution in [3.05, 3.63) is 70.4 Å². The lowest BCUT2D eigenvalue weighted by molar-refractivity contribution is -0.137. The van der Waals surface area contributed by atoms with Crippen LogP contribution < -0.4 is 4.90 Å². The number of nitriles is 1. The molecular formula is C23H22F3N3O2S. The molecule has 0 aromatic heterocycles. The molecule has 1 heterocycles. The Labute approximate surface area is 189 Å². The average Bonchev–Trinajstić information content (AvgIpc) is 3.13. The van der Waals surface area contributed by atoms with Crippen LogP contribution in [0.2, 0.25) is 0 Å². The molecule has 2 aromatic rings. The van der Waals surface area contributed by atoms with Crippen LogP contribution >= 0.6 is 12.6 Å². The van der Waals surface area contributed by atoms with Gasteiger partial charge in [-0.3, -0.25) is 0 Å². The highest BCUT2D eigenvalue weighted by molar-refractivity contribution is 7.80. The van der Waals surface area contributed by atoms with Crippen molar-refractivity contribution in [2.45, 2.75) is 49.3 Å². The van der Waals surface area contributed by atoms with Gasteiger partial charge in [-0.05, 0) is 54.3 Å². The molecule has 1 aliphatic carbocycles. The number of thiol groups is 1. The number of rotatable bonds is 3. The van der Waals surface area contributed by atoms with Crippen molar-refractivity contribution in [2.24, 2.45) is 0 Å². The molecule has 3 unspecified atom stereocenters. The number of alkyl halides is 3. The number of aliphatic hydroxyl groups excluding tert-OH is 2. The van der Waals surface area contributed by atoms with Gasteiger partial charge in [0.15, 0.2) is 6.35 Å². The predicted octanol–water partition coefficient (Wildman–Crippen LogP) is 4.43. The van der Waals surface area contributed by atoms with Crippen molar-refractivity contribution in [3.63, 3.8) is 0 Å². The number of allylic oxidation sites excluding steroid dienone is 1. The molecule has 2 aliphatic rings. The molecule has 0 fully saturated rings. The Bertz CT molecular complexity index is 1110. The lowest BCUT2D eigenvalue weighted by atomic mass is 9.91. The highest BCUT2D eigenvalue weighted by atomic mass is 32.1. The fraction of sp³-hybridized carbons (Fsp3) is 0.348. The lowest BCUT2D eigenvalue weighted by Crippen LogP contribution is -2.54. The second-order valence-corrected chi connectivity index (χ2v) is 8.32. The predicted molar refractivity (Wildman–Crippen MR) is 116 cm³/mol. The molecule has 2 N–H and O–H groups in total. The molecular weight excluding hydrogens is 439 g/mol. The molecule has 4 rings (SSSR count). The van der Waals surface area contributed by atoms with Crippen molar-refractivity contribution in [1.29, 1.82) is 5.26 Å². The Morgan fingerprint density at radius 2 is 1.94 bits per heavy atom. The third-order valence-electron chi connectivity index (χ3n) is 6.06. The summed E-state index contributed by atoms with van der Waals surface area (Å²) in [5.41, 5.74) is 1.79. The SMILES string of the molecule is CCN1C(c2ccc(C#N)cc2S)C2=C(CCC2O)N(c2cccc(C(F)(F)F)c2)C1O. The van der Waals surface area contributed by atoms with Crippen LogP contribution in [0.25, 0.3) is 0 Å². The van der Waals surface area contributed by atoms with E-state index >= 15 is 0 Å². The number of halogens is 3. The van der Waals surface area contributed by atoms with Crippen LogP contribution in [0.4, 0.5) is 18.9 Å². The molecule has 32 heavy (non-hydrogen) atoms. The minimum atomic E-state index is -4.51. The van der Waals surface area contributed by atoms with Crippen LogP contribution in [-0.2, 0) is 6.18 Å². The third-order valence-corrected chi connectivity index (χ3v) is 6.45. The Kier molecular flexibility index (Phi) is 5.98. The Balaban J connectivity index is 1.89. The molecule has 0 radical (unpaired) electrons. The van der Waals surface area contributed by atoms with Gasteiger partial charge in [0.05, 0.1) is 29.3 Å². The molecule has 0 amide bonds. The zero-order valence-corrected chi connectivity index (χ0v) is 18.1. The standard InChI is InChI=1S/C23H22F3N3O2S/c1-2-28-21(16-7-6-13(12-27)10-19(16)32)20-17(8-9-18(20)30)29(22(28)31)15-5-3-4-14(11-15)23(24,25)26/h3-7,10-11,18,21-22,30-32H,2,8-9H2,1H3. The normalized spacial score (nSPS) is 23.9. The van der Waals surface area contributed by atoms with Crippen LogP contribution in [-0.4, -0.2) is 34.1 Å². The monoisotopic (exact) mass is 461 g/mol. The van der Waals surface area contributed by atoms with Crippen molar-refractivity contribution in [1.82, 2.24) is 4.90 Å². The molecule has 5 nitrogen and oxygen atoms in total. The van der Waals surface area contributed by atoms with Gasteiger partial charge in [0.1, 0.15) is 0 Å². The maximum Gasteiger partial charge on any atom is 0.416 e. The second-order valence-electron chi connectivity index (χ2n) is 7.84. The molecule has 3 atom stereocenters. The summed E-state index contributed by atoms with van der Waals surface area (Å²) in [6.45, 7) is 2.19. The number of aliphatic hydroxyl groups is 2. The van der Waals surface area contributed by atoms with Gasteiger partial charge in [0.25, 0.3) is 0 Å². The Hall–Kier alpha value is -2.51. The summed E-state index contributed by atoms with van der Waals surface area (Å²) >= 11 is 4.54. The van der Waals surface area contributed by atoms with Gasteiger partial charge < -0.3 is 15.1 Å². The highest BCUT2D eigenvalue weighted by Gasteiger charge is 2.46. The van der Waals surface area contributed by atoms with Crippen LogP contribution in [0.5, 0.6) is 0 Å². The van der Waals surface area contributed by atoms with Crippen LogP contribution in [0.1, 0.15) is 42.5 Å². The smallest absolute Gasteiger partial charge is 0.389 e. The summed E-state index contributed by atoms with van der Waals surface area (Å²) in [5, 5.41) is 31.3. The van der Waals surface area contributed by atoms with Crippen molar-refractivity contribution >= 4 is 18.3 Å². The molecule has 0 saturated carbocycles. The fourth-order valence-electron chi connectivity index (χ4n) is 4.62. The van der Waals surface area contributed by atoms with E-state index in [9.17, 15) is 23.4 Å². The van der Waals surface area contributed by atoms with Crippen molar-refractivity contribution in [2.75, 3.05) is 11.4 Å². The maximum atomic E-state index is 13.3. The van der Waals surface area contributed by atoms with Gasteiger partial charge in [0.2, 0.25) is 0 Å². The van der Waals surface area contributed by atoms with Gasteiger partial charge in [0, 0.05) is 22.8 Å². The number of nitrogens with zero attached hydrogens (tertiary/aromatic N) is 3. The van der Waals surface area contributed by atoms with E-state index in [0.29, 0.717) is 46.7 Å². The van der Waals surface area contributed by atoms with E-state index in [1.54, 1.807) is 23.1 Å². The number of hydrogen-bond acceptors (Lipinski definition) is 6. The first kappa shape index (κ1) is 22.7. The summed E-state index contributed by atoms with van der Waals surface area (Å²) in [4.78, 5) is 3.72. The molecule has 9 heteroatoms. The van der Waals surface area contributed by atoms with Crippen molar-refractivity contribution in [3.8, 4) is 6.07 Å². The summed E-state index contributed by atoms with van der Waals surface area (Å²) < 4.78 is 40.0. The Morgan fingerprint density at radius 3 is 2.56 bits per heavy atom. The lowest BCUT2D eigenvalue weighted by Gasteiger charge is -2.48. The number of anilines is 1. The second kappa shape index (κ2) is 8.45. The molecule has 0 saturated heterocycles. The minimum absolute atomic E-state index is 0.205. The van der Waals surface area contributed by atoms with Gasteiger partial charge in [-0.25, -0.2) is 4.90 Å². The number of benzene rings is 2. The fourth-order valence-corrected chi connectivity index (χ4v) is 4.96. The van der Waals surface area contributed by atoms with Gasteiger partial charge in [-0.1, -0.05) is 19.1 Å².